The molecule has 0 bridgehead atoms. The van der Waals surface area contributed by atoms with Gasteiger partial charge in [0.2, 0.25) is 5.91 Å². The second-order valence-electron chi connectivity index (χ2n) is 8.08. The van der Waals surface area contributed by atoms with Gasteiger partial charge in [-0.1, -0.05) is 30.3 Å². The first-order chi connectivity index (χ1) is 14.5. The Balaban J connectivity index is 1.35. The molecule has 1 aliphatic heterocycles. The van der Waals surface area contributed by atoms with Crippen molar-refractivity contribution in [3.8, 4) is 0 Å². The molecule has 2 heterocycles. The molecule has 2 aromatic carbocycles. The highest BCUT2D eigenvalue weighted by atomic mass is 16.3. The van der Waals surface area contributed by atoms with Crippen LogP contribution in [0.1, 0.15) is 29.0 Å². The molecule has 0 aliphatic carbocycles. The Morgan fingerprint density at radius 3 is 2.63 bits per heavy atom. The number of furan rings is 1. The first-order valence-corrected chi connectivity index (χ1v) is 10.3. The highest BCUT2D eigenvalue weighted by molar-refractivity contribution is 6.04. The van der Waals surface area contributed by atoms with Gasteiger partial charge in [-0.2, -0.15) is 0 Å². The number of hydrogen-bond acceptors (Lipinski definition) is 4. The van der Waals surface area contributed by atoms with Crippen molar-refractivity contribution in [3.05, 3.63) is 65.9 Å². The second kappa shape index (κ2) is 8.71. The van der Waals surface area contributed by atoms with Crippen LogP contribution >= 0.6 is 0 Å². The van der Waals surface area contributed by atoms with Crippen LogP contribution in [0.5, 0.6) is 0 Å². The molecule has 3 aromatic rings. The summed E-state index contributed by atoms with van der Waals surface area (Å²) in [4.78, 5) is 29.3. The third-order valence-electron chi connectivity index (χ3n) is 5.70. The maximum Gasteiger partial charge on any atom is 0.291 e. The van der Waals surface area contributed by atoms with E-state index in [0.717, 1.165) is 36.9 Å². The SMILES string of the molecule is CN(C)C1CCCN(C(=O)Cc2ccc(NC(=O)c3cc4ccccc4o3)cc2)C1. The van der Waals surface area contributed by atoms with Crippen molar-refractivity contribution in [1.82, 2.24) is 9.80 Å². The number of carbonyl (C=O) groups excluding carboxylic acids is 2. The third-order valence-corrected chi connectivity index (χ3v) is 5.70. The van der Waals surface area contributed by atoms with Crippen LogP contribution in [-0.4, -0.2) is 54.8 Å². The zero-order chi connectivity index (χ0) is 21.1. The van der Waals surface area contributed by atoms with Crippen LogP contribution in [0.25, 0.3) is 11.0 Å². The fraction of sp³-hybridized carbons (Fsp3) is 0.333. The van der Waals surface area contributed by atoms with Crippen molar-refractivity contribution in [2.75, 3.05) is 32.5 Å². The van der Waals surface area contributed by atoms with E-state index in [9.17, 15) is 9.59 Å². The van der Waals surface area contributed by atoms with Gasteiger partial charge in [0.05, 0.1) is 6.42 Å². The van der Waals surface area contributed by atoms with Gasteiger partial charge in [0.1, 0.15) is 5.58 Å². The average Bonchev–Trinajstić information content (AvgIpc) is 3.20. The van der Waals surface area contributed by atoms with E-state index in [1.165, 1.54) is 0 Å². The molecule has 30 heavy (non-hydrogen) atoms. The minimum absolute atomic E-state index is 0.153. The van der Waals surface area contributed by atoms with Gasteiger partial charge in [-0.15, -0.1) is 0 Å². The van der Waals surface area contributed by atoms with Gasteiger partial charge in [-0.25, -0.2) is 0 Å². The Kier molecular flexibility index (Phi) is 5.86. The molecule has 2 amide bonds. The van der Waals surface area contributed by atoms with Gasteiger partial charge in [0.15, 0.2) is 5.76 Å². The Morgan fingerprint density at radius 1 is 1.13 bits per heavy atom. The number of nitrogens with zero attached hydrogens (tertiary/aromatic N) is 2. The van der Waals surface area contributed by atoms with Gasteiger partial charge in [0.25, 0.3) is 5.91 Å². The van der Waals surface area contributed by atoms with Gasteiger partial charge in [-0.05, 0) is 56.8 Å². The summed E-state index contributed by atoms with van der Waals surface area (Å²) in [5.41, 5.74) is 2.29. The molecule has 0 radical (unpaired) electrons. The lowest BCUT2D eigenvalue weighted by Gasteiger charge is -2.36. The maximum absolute atomic E-state index is 12.7. The standard InChI is InChI=1S/C24H27N3O3/c1-26(2)20-7-5-13-27(16-20)23(28)14-17-9-11-19(12-10-17)25-24(29)22-15-18-6-3-4-8-21(18)30-22/h3-4,6,8-12,15,20H,5,7,13-14,16H2,1-2H3,(H,25,29). The molecular weight excluding hydrogens is 378 g/mol. The van der Waals surface area contributed by atoms with Crippen LogP contribution in [0.3, 0.4) is 0 Å². The molecule has 4 rings (SSSR count). The number of anilines is 1. The van der Waals surface area contributed by atoms with Crippen LogP contribution in [0.2, 0.25) is 0 Å². The summed E-state index contributed by atoms with van der Waals surface area (Å²) in [7, 11) is 4.13. The van der Waals surface area contributed by atoms with E-state index in [-0.39, 0.29) is 17.6 Å². The third kappa shape index (κ3) is 4.54. The van der Waals surface area contributed by atoms with E-state index in [2.05, 4.69) is 24.3 Å². The number of para-hydroxylation sites is 1. The topological polar surface area (TPSA) is 65.8 Å². The molecular formula is C24H27N3O3. The summed E-state index contributed by atoms with van der Waals surface area (Å²) in [6.45, 7) is 1.62. The largest absolute Gasteiger partial charge is 0.451 e. The number of piperidine rings is 1. The molecule has 1 N–H and O–H groups in total. The average molecular weight is 405 g/mol. The van der Waals surface area contributed by atoms with Crippen LogP contribution in [-0.2, 0) is 11.2 Å². The number of fused-ring (bicyclic) bond motifs is 1. The van der Waals surface area contributed by atoms with Crippen LogP contribution in [0.15, 0.2) is 59.0 Å². The molecule has 0 spiro atoms. The zero-order valence-electron chi connectivity index (χ0n) is 17.4. The van der Waals surface area contributed by atoms with Crippen molar-refractivity contribution in [2.45, 2.75) is 25.3 Å². The molecule has 1 unspecified atom stereocenters. The van der Waals surface area contributed by atoms with E-state index in [1.54, 1.807) is 6.07 Å². The minimum Gasteiger partial charge on any atom is -0.451 e. The molecule has 1 atom stereocenters. The Morgan fingerprint density at radius 2 is 1.90 bits per heavy atom. The number of hydrogen-bond donors (Lipinski definition) is 1. The van der Waals surface area contributed by atoms with Crippen molar-refractivity contribution in [2.24, 2.45) is 0 Å². The van der Waals surface area contributed by atoms with Crippen molar-refractivity contribution < 1.29 is 14.0 Å². The lowest BCUT2D eigenvalue weighted by molar-refractivity contribution is -0.132. The number of rotatable bonds is 5. The van der Waals surface area contributed by atoms with Gasteiger partial charge >= 0.3 is 0 Å². The number of likely N-dealkylation sites (tertiary alicyclic amines) is 1. The van der Waals surface area contributed by atoms with E-state index in [4.69, 9.17) is 4.42 Å². The van der Waals surface area contributed by atoms with E-state index >= 15 is 0 Å². The highest BCUT2D eigenvalue weighted by Crippen LogP contribution is 2.20. The zero-order valence-corrected chi connectivity index (χ0v) is 17.4. The van der Waals surface area contributed by atoms with Crippen LogP contribution in [0.4, 0.5) is 5.69 Å². The van der Waals surface area contributed by atoms with Gasteiger partial charge < -0.3 is 19.5 Å². The molecule has 1 aromatic heterocycles. The normalized spacial score (nSPS) is 16.8. The lowest BCUT2D eigenvalue weighted by Crippen LogP contribution is -2.47. The summed E-state index contributed by atoms with van der Waals surface area (Å²) in [6, 6.07) is 17.1. The monoisotopic (exact) mass is 405 g/mol. The van der Waals surface area contributed by atoms with Gasteiger partial charge in [0, 0.05) is 30.2 Å². The lowest BCUT2D eigenvalue weighted by atomic mass is 10.0. The molecule has 156 valence electrons. The summed E-state index contributed by atoms with van der Waals surface area (Å²) in [5, 5.41) is 3.74. The number of likely N-dealkylation sites (N-methyl/N-ethyl adjacent to an activating group) is 1. The first kappa shape index (κ1) is 20.2. The van der Waals surface area contributed by atoms with Crippen molar-refractivity contribution in [1.29, 1.82) is 0 Å². The predicted molar refractivity (Wildman–Crippen MR) is 118 cm³/mol. The number of nitrogens with one attached hydrogen (secondary N) is 1. The smallest absolute Gasteiger partial charge is 0.291 e. The number of benzene rings is 2. The van der Waals surface area contributed by atoms with E-state index in [1.807, 2.05) is 53.4 Å². The Bertz CT molecular complexity index is 1010. The van der Waals surface area contributed by atoms with Crippen LogP contribution in [0, 0.1) is 0 Å². The maximum atomic E-state index is 12.7. The molecule has 0 saturated carbocycles. The summed E-state index contributed by atoms with van der Waals surface area (Å²) in [5.74, 6) is 0.134. The number of carbonyl (C=O) groups is 2. The fourth-order valence-corrected chi connectivity index (χ4v) is 3.88. The first-order valence-electron chi connectivity index (χ1n) is 10.3. The van der Waals surface area contributed by atoms with Crippen LogP contribution < -0.4 is 5.32 Å². The predicted octanol–water partition coefficient (Wildman–Crippen LogP) is 3.78. The molecule has 1 saturated heterocycles. The Hall–Kier alpha value is -3.12. The Labute approximate surface area is 176 Å². The summed E-state index contributed by atoms with van der Waals surface area (Å²) >= 11 is 0. The fourth-order valence-electron chi connectivity index (χ4n) is 3.88. The molecule has 1 fully saturated rings. The summed E-state index contributed by atoms with van der Waals surface area (Å²) < 4.78 is 5.61. The molecule has 6 nitrogen and oxygen atoms in total. The highest BCUT2D eigenvalue weighted by Gasteiger charge is 2.24. The van der Waals surface area contributed by atoms with E-state index < -0.39 is 0 Å². The molecule has 6 heteroatoms. The second-order valence-corrected chi connectivity index (χ2v) is 8.08. The van der Waals surface area contributed by atoms with Crippen molar-refractivity contribution >= 4 is 28.5 Å². The minimum atomic E-state index is -0.293. The molecule has 1 aliphatic rings. The number of amides is 2. The van der Waals surface area contributed by atoms with Gasteiger partial charge in [-0.3, -0.25) is 9.59 Å². The van der Waals surface area contributed by atoms with Crippen molar-refractivity contribution in [3.63, 3.8) is 0 Å². The summed E-state index contributed by atoms with van der Waals surface area (Å²) in [6.07, 6.45) is 2.55. The quantitative estimate of drug-likeness (QED) is 0.702. The van der Waals surface area contributed by atoms with E-state index in [0.29, 0.717) is 23.7 Å².